The van der Waals surface area contributed by atoms with Crippen molar-refractivity contribution in [3.05, 3.63) is 18.2 Å². The third-order valence-corrected chi connectivity index (χ3v) is 3.77. The standard InChI is InChI=1S/C12H20N2O4S/c1-18-8-9(5-6-15)14-12-4-3-10(7-11(12)13)19(2,16)17/h3-4,7,9,14-15H,5-6,8,13H2,1-2H3. The van der Waals surface area contributed by atoms with Gasteiger partial charge in [-0.15, -0.1) is 0 Å². The number of ether oxygens (including phenoxy) is 1. The number of nitrogens with one attached hydrogen (secondary N) is 1. The number of nitrogens with two attached hydrogens (primary N) is 1. The van der Waals surface area contributed by atoms with Crippen molar-refractivity contribution in [3.63, 3.8) is 0 Å². The zero-order chi connectivity index (χ0) is 14.5. The molecule has 0 saturated heterocycles. The van der Waals surface area contributed by atoms with Gasteiger partial charge in [-0.3, -0.25) is 0 Å². The summed E-state index contributed by atoms with van der Waals surface area (Å²) in [7, 11) is -1.69. The van der Waals surface area contributed by atoms with E-state index in [1.165, 1.54) is 12.1 Å². The second kappa shape index (κ2) is 6.74. The summed E-state index contributed by atoms with van der Waals surface area (Å²) in [6.07, 6.45) is 1.65. The number of hydrogen-bond donors (Lipinski definition) is 3. The highest BCUT2D eigenvalue weighted by molar-refractivity contribution is 7.90. The Bertz CT molecular complexity index is 510. The first-order valence-corrected chi connectivity index (χ1v) is 7.73. The van der Waals surface area contributed by atoms with E-state index in [-0.39, 0.29) is 17.5 Å². The molecule has 6 nitrogen and oxygen atoms in total. The van der Waals surface area contributed by atoms with Crippen molar-refractivity contribution in [1.29, 1.82) is 0 Å². The van der Waals surface area contributed by atoms with E-state index in [4.69, 9.17) is 15.6 Å². The van der Waals surface area contributed by atoms with Crippen LogP contribution in [0, 0.1) is 0 Å². The van der Waals surface area contributed by atoms with E-state index in [1.54, 1.807) is 13.2 Å². The number of rotatable bonds is 7. The van der Waals surface area contributed by atoms with Crippen LogP contribution < -0.4 is 11.1 Å². The molecule has 0 aliphatic rings. The van der Waals surface area contributed by atoms with Crippen LogP contribution in [0.25, 0.3) is 0 Å². The topological polar surface area (TPSA) is 102 Å². The third kappa shape index (κ3) is 4.70. The lowest BCUT2D eigenvalue weighted by Crippen LogP contribution is -2.26. The highest BCUT2D eigenvalue weighted by Crippen LogP contribution is 2.23. The maximum atomic E-state index is 11.4. The van der Waals surface area contributed by atoms with Crippen LogP contribution in [0.3, 0.4) is 0 Å². The van der Waals surface area contributed by atoms with E-state index < -0.39 is 9.84 Å². The third-order valence-electron chi connectivity index (χ3n) is 2.66. The minimum Gasteiger partial charge on any atom is -0.397 e. The molecule has 0 radical (unpaired) electrons. The fourth-order valence-electron chi connectivity index (χ4n) is 1.68. The average molecular weight is 288 g/mol. The first kappa shape index (κ1) is 15.7. The highest BCUT2D eigenvalue weighted by atomic mass is 32.2. The summed E-state index contributed by atoms with van der Waals surface area (Å²) in [5, 5.41) is 12.1. The van der Waals surface area contributed by atoms with E-state index in [1.807, 2.05) is 0 Å². The lowest BCUT2D eigenvalue weighted by Gasteiger charge is -2.19. The van der Waals surface area contributed by atoms with Gasteiger partial charge in [0.1, 0.15) is 0 Å². The van der Waals surface area contributed by atoms with Gasteiger partial charge in [0, 0.05) is 20.0 Å². The van der Waals surface area contributed by atoms with E-state index in [0.717, 1.165) is 6.26 Å². The molecule has 7 heteroatoms. The summed E-state index contributed by atoms with van der Waals surface area (Å²) in [5.41, 5.74) is 6.81. The van der Waals surface area contributed by atoms with Crippen LogP contribution in [-0.4, -0.2) is 46.1 Å². The van der Waals surface area contributed by atoms with Crippen molar-refractivity contribution in [3.8, 4) is 0 Å². The Morgan fingerprint density at radius 1 is 1.47 bits per heavy atom. The fraction of sp³-hybridized carbons (Fsp3) is 0.500. The minimum atomic E-state index is -3.26. The molecule has 1 aromatic carbocycles. The molecule has 0 bridgehead atoms. The van der Waals surface area contributed by atoms with Crippen LogP contribution in [0.1, 0.15) is 6.42 Å². The Balaban J connectivity index is 2.90. The SMILES string of the molecule is COCC(CCO)Nc1ccc(S(C)(=O)=O)cc1N. The normalized spacial score (nSPS) is 13.2. The van der Waals surface area contributed by atoms with Gasteiger partial charge in [-0.05, 0) is 24.6 Å². The molecule has 1 unspecified atom stereocenters. The Morgan fingerprint density at radius 2 is 2.16 bits per heavy atom. The molecule has 0 aliphatic heterocycles. The number of benzene rings is 1. The minimum absolute atomic E-state index is 0.0301. The first-order chi connectivity index (χ1) is 8.88. The Hall–Kier alpha value is -1.31. The Labute approximate surface area is 113 Å². The van der Waals surface area contributed by atoms with E-state index >= 15 is 0 Å². The number of anilines is 2. The van der Waals surface area contributed by atoms with Gasteiger partial charge in [0.15, 0.2) is 9.84 Å². The van der Waals surface area contributed by atoms with Crippen LogP contribution in [0.4, 0.5) is 11.4 Å². The maximum absolute atomic E-state index is 11.4. The zero-order valence-corrected chi connectivity index (χ0v) is 11.9. The summed E-state index contributed by atoms with van der Waals surface area (Å²) in [6, 6.07) is 4.45. The molecule has 4 N–H and O–H groups in total. The predicted molar refractivity (Wildman–Crippen MR) is 75.0 cm³/mol. The molecule has 1 aromatic rings. The number of nitrogen functional groups attached to an aromatic ring is 1. The highest BCUT2D eigenvalue weighted by Gasteiger charge is 2.12. The van der Waals surface area contributed by atoms with Gasteiger partial charge in [-0.25, -0.2) is 8.42 Å². The predicted octanol–water partition coefficient (Wildman–Crippen LogP) is 0.482. The zero-order valence-electron chi connectivity index (χ0n) is 11.1. The number of aliphatic hydroxyl groups is 1. The summed E-state index contributed by atoms with van der Waals surface area (Å²) in [4.78, 5) is 0.181. The monoisotopic (exact) mass is 288 g/mol. The van der Waals surface area contributed by atoms with Crippen LogP contribution in [0.2, 0.25) is 0 Å². The van der Waals surface area contributed by atoms with Crippen LogP contribution >= 0.6 is 0 Å². The van der Waals surface area contributed by atoms with Gasteiger partial charge in [0.05, 0.1) is 28.9 Å². The molecule has 0 aromatic heterocycles. The van der Waals surface area contributed by atoms with Crippen molar-refractivity contribution >= 4 is 21.2 Å². The second-order valence-electron chi connectivity index (χ2n) is 4.33. The molecule has 0 aliphatic carbocycles. The van der Waals surface area contributed by atoms with Crippen molar-refractivity contribution < 1.29 is 18.3 Å². The lowest BCUT2D eigenvalue weighted by atomic mass is 10.2. The maximum Gasteiger partial charge on any atom is 0.175 e. The number of aliphatic hydroxyl groups excluding tert-OH is 1. The Morgan fingerprint density at radius 3 is 2.63 bits per heavy atom. The van der Waals surface area contributed by atoms with Gasteiger partial charge in [-0.1, -0.05) is 0 Å². The molecule has 0 saturated carbocycles. The number of methoxy groups -OCH3 is 1. The lowest BCUT2D eigenvalue weighted by molar-refractivity contribution is 0.170. The molecule has 0 amide bonds. The van der Waals surface area contributed by atoms with Gasteiger partial charge >= 0.3 is 0 Å². The molecule has 0 heterocycles. The molecule has 0 spiro atoms. The first-order valence-electron chi connectivity index (χ1n) is 5.84. The summed E-state index contributed by atoms with van der Waals surface area (Å²) in [5.74, 6) is 0. The van der Waals surface area contributed by atoms with Gasteiger partial charge in [0.25, 0.3) is 0 Å². The number of hydrogen-bond acceptors (Lipinski definition) is 6. The van der Waals surface area contributed by atoms with Crippen LogP contribution in [0.15, 0.2) is 23.1 Å². The van der Waals surface area contributed by atoms with Crippen LogP contribution in [0.5, 0.6) is 0 Å². The van der Waals surface area contributed by atoms with Crippen molar-refractivity contribution in [2.75, 3.05) is 37.6 Å². The van der Waals surface area contributed by atoms with Crippen molar-refractivity contribution in [2.45, 2.75) is 17.4 Å². The van der Waals surface area contributed by atoms with E-state index in [9.17, 15) is 8.42 Å². The molecule has 1 rings (SSSR count). The molecule has 19 heavy (non-hydrogen) atoms. The fourth-order valence-corrected chi connectivity index (χ4v) is 2.33. The van der Waals surface area contributed by atoms with Gasteiger partial charge in [-0.2, -0.15) is 0 Å². The summed E-state index contributed by atoms with van der Waals surface area (Å²) >= 11 is 0. The smallest absolute Gasteiger partial charge is 0.175 e. The molecule has 108 valence electrons. The molecule has 0 fully saturated rings. The largest absolute Gasteiger partial charge is 0.397 e. The van der Waals surface area contributed by atoms with Crippen molar-refractivity contribution in [2.24, 2.45) is 0 Å². The second-order valence-corrected chi connectivity index (χ2v) is 6.35. The molecular formula is C12H20N2O4S. The van der Waals surface area contributed by atoms with E-state index in [2.05, 4.69) is 5.32 Å². The Kier molecular flexibility index (Phi) is 5.59. The summed E-state index contributed by atoms with van der Waals surface area (Å²) < 4.78 is 27.8. The van der Waals surface area contributed by atoms with Crippen molar-refractivity contribution in [1.82, 2.24) is 0 Å². The number of sulfone groups is 1. The van der Waals surface area contributed by atoms with Gasteiger partial charge < -0.3 is 20.9 Å². The molecular weight excluding hydrogens is 268 g/mol. The van der Waals surface area contributed by atoms with Gasteiger partial charge in [0.2, 0.25) is 0 Å². The average Bonchev–Trinajstić information content (AvgIpc) is 2.31. The molecule has 1 atom stereocenters. The van der Waals surface area contributed by atoms with E-state index in [0.29, 0.717) is 24.4 Å². The quantitative estimate of drug-likeness (QED) is 0.631. The summed E-state index contributed by atoms with van der Waals surface area (Å²) in [6.45, 7) is 0.455. The van der Waals surface area contributed by atoms with Crippen LogP contribution in [-0.2, 0) is 14.6 Å².